The van der Waals surface area contributed by atoms with Crippen molar-refractivity contribution in [2.75, 3.05) is 20.7 Å². The van der Waals surface area contributed by atoms with Gasteiger partial charge in [0.15, 0.2) is 0 Å². The average Bonchev–Trinajstić information content (AvgIpc) is 2.48. The Morgan fingerprint density at radius 2 is 1.96 bits per heavy atom. The Morgan fingerprint density at radius 1 is 1.26 bits per heavy atom. The fourth-order valence-corrected chi connectivity index (χ4v) is 2.14. The van der Waals surface area contributed by atoms with Crippen molar-refractivity contribution in [2.24, 2.45) is 0 Å². The molecule has 23 heavy (non-hydrogen) atoms. The maximum atomic E-state index is 14.3. The van der Waals surface area contributed by atoms with Crippen LogP contribution in [-0.4, -0.2) is 31.5 Å². The highest BCUT2D eigenvalue weighted by Gasteiger charge is 2.31. The number of amides is 1. The smallest absolute Gasteiger partial charge is 0.273 e. The fourth-order valence-electron chi connectivity index (χ4n) is 2.14. The van der Waals surface area contributed by atoms with Crippen LogP contribution < -0.4 is 4.74 Å². The predicted molar refractivity (Wildman–Crippen MR) is 88.0 cm³/mol. The zero-order valence-electron chi connectivity index (χ0n) is 14.5. The number of carbonyl (C=O) groups excluding carboxylic acids is 1. The summed E-state index contributed by atoms with van der Waals surface area (Å²) in [5.74, 6) is -2.57. The largest absolute Gasteiger partial charge is 0.493 e. The molecule has 0 bridgehead atoms. The Hall–Kier alpha value is -1.65. The number of hydrogen-bond donors (Lipinski definition) is 0. The molecule has 0 aliphatic heterocycles. The lowest BCUT2D eigenvalue weighted by Crippen LogP contribution is -2.22. The second kappa shape index (κ2) is 8.85. The normalized spacial score (nSPS) is 11.4. The number of aryl methyl sites for hydroxylation is 1. The second-order valence-electron chi connectivity index (χ2n) is 6.03. The molecule has 0 aromatic heterocycles. The Bertz CT molecular complexity index is 516. The molecule has 0 aliphatic rings. The Balaban J connectivity index is 2.71. The molecular formula is C18H27F2NO2. The van der Waals surface area contributed by atoms with Gasteiger partial charge in [-0.2, -0.15) is 0 Å². The quantitative estimate of drug-likeness (QED) is 0.624. The average molecular weight is 327 g/mol. The van der Waals surface area contributed by atoms with Gasteiger partial charge >= 0.3 is 0 Å². The van der Waals surface area contributed by atoms with Crippen molar-refractivity contribution in [1.29, 1.82) is 0 Å². The first-order valence-electron chi connectivity index (χ1n) is 8.10. The standard InChI is InChI=1S/C18H27F2NO2/c1-5-6-12-23-16-13-15(10-9-14(16)2)18(19,20)11-7-8-17(22)21(3)4/h9-10,13H,5-8,11-12H2,1-4H3. The van der Waals surface area contributed by atoms with Gasteiger partial charge in [-0.15, -0.1) is 0 Å². The lowest BCUT2D eigenvalue weighted by molar-refractivity contribution is -0.129. The van der Waals surface area contributed by atoms with Crippen LogP contribution in [0.2, 0.25) is 0 Å². The maximum absolute atomic E-state index is 14.3. The molecular weight excluding hydrogens is 300 g/mol. The van der Waals surface area contributed by atoms with Gasteiger partial charge in [-0.3, -0.25) is 4.79 Å². The number of carbonyl (C=O) groups is 1. The molecule has 0 atom stereocenters. The molecule has 1 amide bonds. The number of halogens is 2. The molecule has 0 saturated heterocycles. The summed E-state index contributed by atoms with van der Waals surface area (Å²) in [6.45, 7) is 4.43. The predicted octanol–water partition coefficient (Wildman–Crippen LogP) is 4.52. The first-order chi connectivity index (χ1) is 10.8. The van der Waals surface area contributed by atoms with Crippen molar-refractivity contribution in [1.82, 2.24) is 4.90 Å². The number of benzene rings is 1. The van der Waals surface area contributed by atoms with Gasteiger partial charge in [-0.05, 0) is 31.4 Å². The number of nitrogens with zero attached hydrogens (tertiary/aromatic N) is 1. The van der Waals surface area contributed by atoms with Gasteiger partial charge < -0.3 is 9.64 Å². The number of alkyl halides is 2. The van der Waals surface area contributed by atoms with Crippen molar-refractivity contribution in [3.05, 3.63) is 29.3 Å². The second-order valence-corrected chi connectivity index (χ2v) is 6.03. The number of ether oxygens (including phenoxy) is 1. The summed E-state index contributed by atoms with van der Waals surface area (Å²) in [6, 6.07) is 4.53. The van der Waals surface area contributed by atoms with E-state index in [0.29, 0.717) is 12.4 Å². The molecule has 1 aromatic carbocycles. The van der Waals surface area contributed by atoms with Gasteiger partial charge in [0.05, 0.1) is 6.61 Å². The van der Waals surface area contributed by atoms with Gasteiger partial charge in [0.2, 0.25) is 5.91 Å². The first-order valence-corrected chi connectivity index (χ1v) is 8.10. The Labute approximate surface area is 137 Å². The highest BCUT2D eigenvalue weighted by atomic mass is 19.3. The molecule has 5 heteroatoms. The van der Waals surface area contributed by atoms with Gasteiger partial charge in [-0.1, -0.05) is 25.5 Å². The molecule has 0 aliphatic carbocycles. The van der Waals surface area contributed by atoms with Crippen molar-refractivity contribution < 1.29 is 18.3 Å². The molecule has 0 fully saturated rings. The molecule has 0 saturated carbocycles. The lowest BCUT2D eigenvalue weighted by Gasteiger charge is -2.19. The zero-order valence-corrected chi connectivity index (χ0v) is 14.5. The molecule has 1 aromatic rings. The van der Waals surface area contributed by atoms with Crippen LogP contribution in [-0.2, 0) is 10.7 Å². The van der Waals surface area contributed by atoms with Gasteiger partial charge in [0.1, 0.15) is 5.75 Å². The van der Waals surface area contributed by atoms with Crippen molar-refractivity contribution in [2.45, 2.75) is 51.9 Å². The molecule has 1 rings (SSSR count). The summed E-state index contributed by atoms with van der Waals surface area (Å²) in [7, 11) is 3.25. The molecule has 130 valence electrons. The molecule has 0 heterocycles. The Kier molecular flexibility index (Phi) is 7.46. The van der Waals surface area contributed by atoms with Gasteiger partial charge in [0, 0.05) is 32.5 Å². The lowest BCUT2D eigenvalue weighted by atomic mass is 10.0. The highest BCUT2D eigenvalue weighted by Crippen LogP contribution is 2.36. The zero-order chi connectivity index (χ0) is 17.5. The molecule has 0 radical (unpaired) electrons. The van der Waals surface area contributed by atoms with E-state index in [9.17, 15) is 13.6 Å². The summed E-state index contributed by atoms with van der Waals surface area (Å²) in [4.78, 5) is 12.9. The van der Waals surface area contributed by atoms with Crippen molar-refractivity contribution in [3.63, 3.8) is 0 Å². The maximum Gasteiger partial charge on any atom is 0.273 e. The molecule has 3 nitrogen and oxygen atoms in total. The minimum Gasteiger partial charge on any atom is -0.493 e. The minimum atomic E-state index is -2.96. The molecule has 0 unspecified atom stereocenters. The van der Waals surface area contributed by atoms with E-state index < -0.39 is 5.92 Å². The highest BCUT2D eigenvalue weighted by molar-refractivity contribution is 5.75. The van der Waals surface area contributed by atoms with Crippen LogP contribution in [0.3, 0.4) is 0 Å². The summed E-state index contributed by atoms with van der Waals surface area (Å²) in [5, 5.41) is 0. The van der Waals surface area contributed by atoms with Crippen LogP contribution in [0.15, 0.2) is 18.2 Å². The fraction of sp³-hybridized carbons (Fsp3) is 0.611. The summed E-state index contributed by atoms with van der Waals surface area (Å²) < 4.78 is 34.2. The Morgan fingerprint density at radius 3 is 2.57 bits per heavy atom. The summed E-state index contributed by atoms with van der Waals surface area (Å²) >= 11 is 0. The van der Waals surface area contributed by atoms with Crippen LogP contribution in [0.5, 0.6) is 5.75 Å². The number of unbranched alkanes of at least 4 members (excludes halogenated alkanes) is 1. The van der Waals surface area contributed by atoms with Gasteiger partial charge in [0.25, 0.3) is 5.92 Å². The topological polar surface area (TPSA) is 29.5 Å². The van der Waals surface area contributed by atoms with Crippen LogP contribution in [0.25, 0.3) is 0 Å². The number of rotatable bonds is 9. The SMILES string of the molecule is CCCCOc1cc(C(F)(F)CCCC(=O)N(C)C)ccc1C. The van der Waals surface area contributed by atoms with Crippen LogP contribution >= 0.6 is 0 Å². The van der Waals surface area contributed by atoms with E-state index in [0.717, 1.165) is 18.4 Å². The monoisotopic (exact) mass is 327 g/mol. The third-order valence-electron chi connectivity index (χ3n) is 3.75. The number of hydrogen-bond acceptors (Lipinski definition) is 2. The van der Waals surface area contributed by atoms with E-state index >= 15 is 0 Å². The molecule has 0 spiro atoms. The van der Waals surface area contributed by atoms with E-state index in [1.165, 1.54) is 17.0 Å². The molecule has 0 N–H and O–H groups in total. The van der Waals surface area contributed by atoms with Gasteiger partial charge in [-0.25, -0.2) is 8.78 Å². The summed E-state index contributed by atoms with van der Waals surface area (Å²) in [5.41, 5.74) is 0.801. The van der Waals surface area contributed by atoms with Crippen LogP contribution in [0, 0.1) is 6.92 Å². The third-order valence-corrected chi connectivity index (χ3v) is 3.75. The van der Waals surface area contributed by atoms with Crippen LogP contribution in [0.1, 0.15) is 50.2 Å². The van der Waals surface area contributed by atoms with E-state index in [1.807, 2.05) is 6.92 Å². The third kappa shape index (κ3) is 6.16. The first kappa shape index (κ1) is 19.4. The van der Waals surface area contributed by atoms with E-state index in [4.69, 9.17) is 4.74 Å². The van der Waals surface area contributed by atoms with E-state index in [1.54, 1.807) is 20.2 Å². The van der Waals surface area contributed by atoms with E-state index in [2.05, 4.69) is 6.92 Å². The summed E-state index contributed by atoms with van der Waals surface area (Å²) in [6.07, 6.45) is 1.84. The van der Waals surface area contributed by atoms with Crippen molar-refractivity contribution >= 4 is 5.91 Å². The van der Waals surface area contributed by atoms with E-state index in [-0.39, 0.29) is 30.7 Å². The minimum absolute atomic E-state index is 0.0492. The van der Waals surface area contributed by atoms with Crippen LogP contribution in [0.4, 0.5) is 8.78 Å². The van der Waals surface area contributed by atoms with Crippen molar-refractivity contribution in [3.8, 4) is 5.75 Å².